The molecule has 0 saturated heterocycles. The van der Waals surface area contributed by atoms with Crippen molar-refractivity contribution < 1.29 is 18.7 Å². The molecule has 138 valence electrons. The molecule has 1 aromatic heterocycles. The normalized spacial score (nSPS) is 11.7. The average molecular weight is 367 g/mol. The number of ether oxygens (including phenoxy) is 1. The van der Waals surface area contributed by atoms with Crippen LogP contribution in [-0.4, -0.2) is 27.3 Å². The number of halogens is 1. The van der Waals surface area contributed by atoms with Crippen molar-refractivity contribution in [3.05, 3.63) is 78.1 Å². The molecule has 0 aliphatic carbocycles. The number of hydrogen-bond acceptors (Lipinski definition) is 4. The molecule has 1 unspecified atom stereocenters. The summed E-state index contributed by atoms with van der Waals surface area (Å²) in [6, 6.07) is 12.0. The Balaban J connectivity index is 1.62. The standard InChI is InChI=1S/C20H18FN3O3/c1-13(27-17-9-5-15(21)6-10-17)20(26)23-16-7-3-14(4-8-16)18(25)19-22-11-12-24(19)2/h3-13H,1-2H3,(H,23,26). The fraction of sp³-hybridized carbons (Fsp3) is 0.150. The first-order valence-electron chi connectivity index (χ1n) is 8.29. The minimum Gasteiger partial charge on any atom is -0.481 e. The molecule has 0 bridgehead atoms. The summed E-state index contributed by atoms with van der Waals surface area (Å²) in [7, 11) is 1.75. The number of ketones is 1. The van der Waals surface area contributed by atoms with E-state index in [4.69, 9.17) is 4.74 Å². The number of benzene rings is 2. The van der Waals surface area contributed by atoms with Crippen molar-refractivity contribution in [1.29, 1.82) is 0 Å². The minimum atomic E-state index is -0.774. The van der Waals surface area contributed by atoms with E-state index in [1.807, 2.05) is 0 Å². The molecule has 0 spiro atoms. The number of aromatic nitrogens is 2. The van der Waals surface area contributed by atoms with Crippen LogP contribution in [0, 0.1) is 5.82 Å². The highest BCUT2D eigenvalue weighted by molar-refractivity contribution is 6.07. The van der Waals surface area contributed by atoms with Crippen LogP contribution in [-0.2, 0) is 11.8 Å². The highest BCUT2D eigenvalue weighted by Gasteiger charge is 2.16. The van der Waals surface area contributed by atoms with Crippen molar-refractivity contribution in [3.8, 4) is 5.75 Å². The highest BCUT2D eigenvalue weighted by atomic mass is 19.1. The number of nitrogens with one attached hydrogen (secondary N) is 1. The minimum absolute atomic E-state index is 0.201. The Morgan fingerprint density at radius 1 is 1.11 bits per heavy atom. The Labute approximate surface area is 155 Å². The van der Waals surface area contributed by atoms with E-state index in [2.05, 4.69) is 10.3 Å². The summed E-state index contributed by atoms with van der Waals surface area (Å²) in [5.41, 5.74) is 1.00. The monoisotopic (exact) mass is 367 g/mol. The lowest BCUT2D eigenvalue weighted by Crippen LogP contribution is -2.30. The van der Waals surface area contributed by atoms with Crippen LogP contribution in [0.1, 0.15) is 23.1 Å². The molecule has 6 nitrogen and oxygen atoms in total. The number of hydrogen-bond donors (Lipinski definition) is 1. The summed E-state index contributed by atoms with van der Waals surface area (Å²) < 4.78 is 20.0. The Kier molecular flexibility index (Phi) is 5.30. The average Bonchev–Trinajstić information content (AvgIpc) is 3.09. The molecule has 0 radical (unpaired) electrons. The van der Waals surface area contributed by atoms with Crippen LogP contribution in [0.25, 0.3) is 0 Å². The van der Waals surface area contributed by atoms with Crippen molar-refractivity contribution in [3.63, 3.8) is 0 Å². The molecule has 1 atom stereocenters. The third-order valence-electron chi connectivity index (χ3n) is 3.93. The van der Waals surface area contributed by atoms with Crippen LogP contribution in [0.2, 0.25) is 0 Å². The lowest BCUT2D eigenvalue weighted by atomic mass is 10.1. The number of carbonyl (C=O) groups excluding carboxylic acids is 2. The molecule has 3 rings (SSSR count). The number of carbonyl (C=O) groups is 2. The molecule has 27 heavy (non-hydrogen) atoms. The van der Waals surface area contributed by atoms with Crippen LogP contribution in [0.5, 0.6) is 5.75 Å². The predicted octanol–water partition coefficient (Wildman–Crippen LogP) is 3.20. The Hall–Kier alpha value is -3.48. The van der Waals surface area contributed by atoms with Gasteiger partial charge in [-0.3, -0.25) is 9.59 Å². The van der Waals surface area contributed by atoms with Crippen molar-refractivity contribution in [1.82, 2.24) is 9.55 Å². The van der Waals surface area contributed by atoms with Crippen LogP contribution >= 0.6 is 0 Å². The first kappa shape index (κ1) is 18.3. The van der Waals surface area contributed by atoms with E-state index < -0.39 is 6.10 Å². The van der Waals surface area contributed by atoms with E-state index in [1.54, 1.807) is 55.2 Å². The van der Waals surface area contributed by atoms with Gasteiger partial charge in [-0.15, -0.1) is 0 Å². The number of imidazole rings is 1. The maximum atomic E-state index is 12.9. The van der Waals surface area contributed by atoms with E-state index in [0.29, 0.717) is 22.8 Å². The van der Waals surface area contributed by atoms with Gasteiger partial charge in [0.2, 0.25) is 5.78 Å². The van der Waals surface area contributed by atoms with Crippen LogP contribution in [0.3, 0.4) is 0 Å². The third-order valence-corrected chi connectivity index (χ3v) is 3.93. The van der Waals surface area contributed by atoms with Gasteiger partial charge in [-0.25, -0.2) is 9.37 Å². The van der Waals surface area contributed by atoms with Gasteiger partial charge in [0.15, 0.2) is 11.9 Å². The zero-order chi connectivity index (χ0) is 19.4. The molecule has 0 aliphatic rings. The zero-order valence-electron chi connectivity index (χ0n) is 14.8. The van der Waals surface area contributed by atoms with Gasteiger partial charge < -0.3 is 14.6 Å². The van der Waals surface area contributed by atoms with Crippen molar-refractivity contribution in [2.75, 3.05) is 5.32 Å². The Morgan fingerprint density at radius 2 is 1.78 bits per heavy atom. The third kappa shape index (κ3) is 4.38. The second kappa shape index (κ2) is 7.82. The van der Waals surface area contributed by atoms with Crippen molar-refractivity contribution in [2.24, 2.45) is 7.05 Å². The van der Waals surface area contributed by atoms with E-state index in [0.717, 1.165) is 0 Å². The smallest absolute Gasteiger partial charge is 0.265 e. The molecular formula is C20H18FN3O3. The number of amides is 1. The molecule has 0 saturated carbocycles. The van der Waals surface area contributed by atoms with Gasteiger partial charge in [-0.1, -0.05) is 0 Å². The SMILES string of the molecule is CC(Oc1ccc(F)cc1)C(=O)Nc1ccc(C(=O)c2nccn2C)cc1. The van der Waals surface area contributed by atoms with Gasteiger partial charge in [-0.2, -0.15) is 0 Å². The quantitative estimate of drug-likeness (QED) is 0.679. The molecule has 0 fully saturated rings. The first-order chi connectivity index (χ1) is 12.9. The maximum absolute atomic E-state index is 12.9. The number of anilines is 1. The van der Waals surface area contributed by atoms with Crippen molar-refractivity contribution >= 4 is 17.4 Å². The van der Waals surface area contributed by atoms with Gasteiger partial charge in [0, 0.05) is 30.7 Å². The van der Waals surface area contributed by atoms with Gasteiger partial charge in [0.05, 0.1) is 0 Å². The summed E-state index contributed by atoms with van der Waals surface area (Å²) in [5.74, 6) is -0.196. The van der Waals surface area contributed by atoms with Gasteiger partial charge >= 0.3 is 0 Å². The summed E-state index contributed by atoms with van der Waals surface area (Å²) in [5, 5.41) is 2.72. The summed E-state index contributed by atoms with van der Waals surface area (Å²) >= 11 is 0. The first-order valence-corrected chi connectivity index (χ1v) is 8.29. The van der Waals surface area contributed by atoms with Gasteiger partial charge in [0.25, 0.3) is 5.91 Å². The number of nitrogens with zero attached hydrogens (tertiary/aromatic N) is 2. The predicted molar refractivity (Wildman–Crippen MR) is 98.2 cm³/mol. The fourth-order valence-electron chi connectivity index (χ4n) is 2.43. The van der Waals surface area contributed by atoms with E-state index >= 15 is 0 Å². The molecule has 1 N–H and O–H groups in total. The Bertz CT molecular complexity index is 949. The molecule has 1 heterocycles. The van der Waals surface area contributed by atoms with Crippen molar-refractivity contribution in [2.45, 2.75) is 13.0 Å². The maximum Gasteiger partial charge on any atom is 0.265 e. The van der Waals surface area contributed by atoms with E-state index in [1.165, 1.54) is 24.3 Å². The molecule has 7 heteroatoms. The summed E-state index contributed by atoms with van der Waals surface area (Å²) in [6.07, 6.45) is 2.48. The molecular weight excluding hydrogens is 349 g/mol. The number of rotatable bonds is 6. The van der Waals surface area contributed by atoms with Crippen LogP contribution in [0.4, 0.5) is 10.1 Å². The number of aryl methyl sites for hydroxylation is 1. The lowest BCUT2D eigenvalue weighted by molar-refractivity contribution is -0.122. The molecule has 2 aromatic carbocycles. The topological polar surface area (TPSA) is 73.2 Å². The van der Waals surface area contributed by atoms with Gasteiger partial charge in [0.1, 0.15) is 11.6 Å². The molecule has 1 amide bonds. The fourth-order valence-corrected chi connectivity index (χ4v) is 2.43. The van der Waals surface area contributed by atoms with Gasteiger partial charge in [-0.05, 0) is 55.5 Å². The van der Waals surface area contributed by atoms with E-state index in [-0.39, 0.29) is 17.5 Å². The molecule has 3 aromatic rings. The lowest BCUT2D eigenvalue weighted by Gasteiger charge is -2.15. The second-order valence-corrected chi connectivity index (χ2v) is 5.97. The summed E-state index contributed by atoms with van der Waals surface area (Å²) in [4.78, 5) is 28.7. The Morgan fingerprint density at radius 3 is 2.37 bits per heavy atom. The molecule has 0 aliphatic heterocycles. The van der Waals surface area contributed by atoms with Crippen LogP contribution in [0.15, 0.2) is 60.9 Å². The summed E-state index contributed by atoms with van der Waals surface area (Å²) in [6.45, 7) is 1.59. The highest BCUT2D eigenvalue weighted by Crippen LogP contribution is 2.16. The zero-order valence-corrected chi connectivity index (χ0v) is 14.8. The van der Waals surface area contributed by atoms with Crippen LogP contribution < -0.4 is 10.1 Å². The largest absolute Gasteiger partial charge is 0.481 e. The second-order valence-electron chi connectivity index (χ2n) is 5.97. The van der Waals surface area contributed by atoms with E-state index in [9.17, 15) is 14.0 Å².